The Hall–Kier alpha value is -2.17. The first-order chi connectivity index (χ1) is 8.65. The highest BCUT2D eigenvalue weighted by Gasteiger charge is 2.06. The lowest BCUT2D eigenvalue weighted by Gasteiger charge is -2.07. The Balaban J connectivity index is 2.07. The summed E-state index contributed by atoms with van der Waals surface area (Å²) >= 11 is 0. The smallest absolute Gasteiger partial charge is 0.303 e. The number of nitrogens with zero attached hydrogens (tertiary/aromatic N) is 2. The van der Waals surface area contributed by atoms with Gasteiger partial charge >= 0.3 is 5.97 Å². The molecule has 2 rings (SSSR count). The largest absolute Gasteiger partial charge is 0.481 e. The van der Waals surface area contributed by atoms with Crippen molar-refractivity contribution in [1.29, 1.82) is 0 Å². The molecule has 0 spiro atoms. The van der Waals surface area contributed by atoms with E-state index < -0.39 is 5.97 Å². The van der Waals surface area contributed by atoms with Crippen LogP contribution in [-0.4, -0.2) is 20.6 Å². The molecule has 4 nitrogen and oxygen atoms in total. The number of carbonyl (C=O) groups is 1. The topological polar surface area (TPSA) is 55.1 Å². The van der Waals surface area contributed by atoms with Crippen molar-refractivity contribution < 1.29 is 14.3 Å². The van der Waals surface area contributed by atoms with Gasteiger partial charge in [0.1, 0.15) is 11.6 Å². The third-order valence-corrected chi connectivity index (χ3v) is 2.63. The highest BCUT2D eigenvalue weighted by atomic mass is 19.1. The summed E-state index contributed by atoms with van der Waals surface area (Å²) in [5.41, 5.74) is 0.950. The fraction of sp³-hybridized carbons (Fsp3) is 0.231. The fourth-order valence-corrected chi connectivity index (χ4v) is 1.72. The number of aromatic nitrogens is 2. The van der Waals surface area contributed by atoms with E-state index >= 15 is 0 Å². The van der Waals surface area contributed by atoms with Gasteiger partial charge in [-0.3, -0.25) is 4.79 Å². The average Bonchev–Trinajstić information content (AvgIpc) is 2.77. The molecule has 0 bridgehead atoms. The van der Waals surface area contributed by atoms with Crippen molar-refractivity contribution >= 4 is 5.97 Å². The SMILES string of the molecule is O=C(O)CCc1nccn1Cc1ccc(F)cc1. The standard InChI is InChI=1S/C13H13FN2O2/c14-11-3-1-10(2-4-11)9-16-8-7-15-12(16)5-6-13(17)18/h1-4,7-8H,5-6,9H2,(H,17,18). The summed E-state index contributed by atoms with van der Waals surface area (Å²) in [7, 11) is 0. The van der Waals surface area contributed by atoms with Gasteiger partial charge in [-0.1, -0.05) is 12.1 Å². The van der Waals surface area contributed by atoms with Crippen LogP contribution in [0, 0.1) is 5.82 Å². The summed E-state index contributed by atoms with van der Waals surface area (Å²) in [5, 5.41) is 8.64. The second kappa shape index (κ2) is 5.44. The van der Waals surface area contributed by atoms with E-state index in [1.54, 1.807) is 24.5 Å². The van der Waals surface area contributed by atoms with Crippen LogP contribution in [0.15, 0.2) is 36.7 Å². The predicted octanol–water partition coefficient (Wildman–Crippen LogP) is 2.09. The lowest BCUT2D eigenvalue weighted by atomic mass is 10.2. The molecule has 0 saturated carbocycles. The summed E-state index contributed by atoms with van der Waals surface area (Å²) < 4.78 is 14.6. The summed E-state index contributed by atoms with van der Waals surface area (Å²) in [6.45, 7) is 0.565. The molecule has 1 N–H and O–H groups in total. The van der Waals surface area contributed by atoms with E-state index in [-0.39, 0.29) is 12.2 Å². The molecule has 0 fully saturated rings. The van der Waals surface area contributed by atoms with Crippen molar-refractivity contribution in [2.24, 2.45) is 0 Å². The fourth-order valence-electron chi connectivity index (χ4n) is 1.72. The molecule has 0 radical (unpaired) electrons. The maximum Gasteiger partial charge on any atom is 0.303 e. The molecular formula is C13H13FN2O2. The number of benzene rings is 1. The minimum absolute atomic E-state index is 0.0560. The normalized spacial score (nSPS) is 10.5. The Morgan fingerprint density at radius 3 is 2.72 bits per heavy atom. The molecule has 2 aromatic rings. The monoisotopic (exact) mass is 248 g/mol. The van der Waals surface area contributed by atoms with Crippen molar-refractivity contribution in [3.8, 4) is 0 Å². The molecule has 0 aliphatic carbocycles. The van der Waals surface area contributed by atoms with Crippen LogP contribution in [0.4, 0.5) is 4.39 Å². The second-order valence-corrected chi connectivity index (χ2v) is 3.99. The molecule has 0 saturated heterocycles. The van der Waals surface area contributed by atoms with Crippen LogP contribution >= 0.6 is 0 Å². The van der Waals surface area contributed by atoms with Crippen LogP contribution in [0.25, 0.3) is 0 Å². The molecule has 1 aromatic carbocycles. The molecule has 18 heavy (non-hydrogen) atoms. The molecule has 1 heterocycles. The van der Waals surface area contributed by atoms with Crippen molar-refractivity contribution in [3.05, 3.63) is 53.9 Å². The van der Waals surface area contributed by atoms with Gasteiger partial charge in [0.25, 0.3) is 0 Å². The van der Waals surface area contributed by atoms with Crippen molar-refractivity contribution in [2.75, 3.05) is 0 Å². The highest BCUT2D eigenvalue weighted by Crippen LogP contribution is 2.08. The molecule has 5 heteroatoms. The van der Waals surface area contributed by atoms with Crippen LogP contribution < -0.4 is 0 Å². The first-order valence-electron chi connectivity index (χ1n) is 5.61. The van der Waals surface area contributed by atoms with Gasteiger partial charge in [0, 0.05) is 25.4 Å². The van der Waals surface area contributed by atoms with Crippen LogP contribution in [-0.2, 0) is 17.8 Å². The van der Waals surface area contributed by atoms with Gasteiger partial charge in [-0.15, -0.1) is 0 Å². The number of aliphatic carboxylic acids is 1. The zero-order valence-corrected chi connectivity index (χ0v) is 9.71. The van der Waals surface area contributed by atoms with Gasteiger partial charge in [-0.05, 0) is 17.7 Å². The Morgan fingerprint density at radius 2 is 2.06 bits per heavy atom. The molecule has 0 atom stereocenters. The summed E-state index contributed by atoms with van der Waals surface area (Å²) in [5.74, 6) is -0.386. The number of hydrogen-bond acceptors (Lipinski definition) is 2. The van der Waals surface area contributed by atoms with E-state index in [1.807, 2.05) is 4.57 Å². The Bertz CT molecular complexity index is 534. The number of carboxylic acid groups (broad SMARTS) is 1. The third-order valence-electron chi connectivity index (χ3n) is 2.63. The van der Waals surface area contributed by atoms with Gasteiger partial charge in [0.15, 0.2) is 0 Å². The third kappa shape index (κ3) is 3.16. The first kappa shape index (κ1) is 12.3. The van der Waals surface area contributed by atoms with Gasteiger partial charge in [-0.25, -0.2) is 9.37 Å². The quantitative estimate of drug-likeness (QED) is 0.881. The van der Waals surface area contributed by atoms with Crippen molar-refractivity contribution in [1.82, 2.24) is 9.55 Å². The van der Waals surface area contributed by atoms with E-state index in [4.69, 9.17) is 5.11 Å². The molecular weight excluding hydrogens is 235 g/mol. The number of imidazole rings is 1. The van der Waals surface area contributed by atoms with Crippen LogP contribution in [0.5, 0.6) is 0 Å². The zero-order valence-electron chi connectivity index (χ0n) is 9.71. The maximum atomic E-state index is 12.8. The van der Waals surface area contributed by atoms with E-state index in [1.165, 1.54) is 12.1 Å². The summed E-state index contributed by atoms with van der Waals surface area (Å²) in [6.07, 6.45) is 3.88. The highest BCUT2D eigenvalue weighted by molar-refractivity contribution is 5.66. The van der Waals surface area contributed by atoms with Crippen LogP contribution in [0.3, 0.4) is 0 Å². The van der Waals surface area contributed by atoms with E-state index in [2.05, 4.69) is 4.98 Å². The number of rotatable bonds is 5. The van der Waals surface area contributed by atoms with Gasteiger partial charge in [0.05, 0.1) is 6.42 Å². The van der Waals surface area contributed by atoms with E-state index in [9.17, 15) is 9.18 Å². The lowest BCUT2D eigenvalue weighted by Crippen LogP contribution is -2.07. The molecule has 0 aliphatic rings. The van der Waals surface area contributed by atoms with E-state index in [0.717, 1.165) is 11.4 Å². The summed E-state index contributed by atoms with van der Waals surface area (Å²) in [4.78, 5) is 14.7. The predicted molar refractivity (Wildman–Crippen MR) is 63.7 cm³/mol. The Morgan fingerprint density at radius 1 is 1.33 bits per heavy atom. The molecule has 0 aliphatic heterocycles. The molecule has 0 unspecified atom stereocenters. The Labute approximate surface area is 104 Å². The van der Waals surface area contributed by atoms with E-state index in [0.29, 0.717) is 13.0 Å². The van der Waals surface area contributed by atoms with Gasteiger partial charge in [-0.2, -0.15) is 0 Å². The van der Waals surface area contributed by atoms with Crippen LogP contribution in [0.2, 0.25) is 0 Å². The molecule has 94 valence electrons. The first-order valence-corrected chi connectivity index (χ1v) is 5.61. The van der Waals surface area contributed by atoms with Gasteiger partial charge < -0.3 is 9.67 Å². The molecule has 1 aromatic heterocycles. The number of carboxylic acids is 1. The number of aryl methyl sites for hydroxylation is 1. The second-order valence-electron chi connectivity index (χ2n) is 3.99. The Kier molecular flexibility index (Phi) is 3.72. The molecule has 0 amide bonds. The van der Waals surface area contributed by atoms with Crippen molar-refractivity contribution in [2.45, 2.75) is 19.4 Å². The zero-order chi connectivity index (χ0) is 13.0. The summed E-state index contributed by atoms with van der Waals surface area (Å²) in [6, 6.07) is 6.22. The lowest BCUT2D eigenvalue weighted by molar-refractivity contribution is -0.137. The minimum atomic E-state index is -0.841. The number of hydrogen-bond donors (Lipinski definition) is 1. The average molecular weight is 248 g/mol. The minimum Gasteiger partial charge on any atom is -0.481 e. The van der Waals surface area contributed by atoms with Crippen LogP contribution in [0.1, 0.15) is 17.8 Å². The van der Waals surface area contributed by atoms with Crippen molar-refractivity contribution in [3.63, 3.8) is 0 Å². The number of halogens is 1. The maximum absolute atomic E-state index is 12.8. The van der Waals surface area contributed by atoms with Gasteiger partial charge in [0.2, 0.25) is 0 Å².